The predicted octanol–water partition coefficient (Wildman–Crippen LogP) is 3.22. The molecule has 2 N–H and O–H groups in total. The van der Waals surface area contributed by atoms with Gasteiger partial charge in [0.2, 0.25) is 5.95 Å². The summed E-state index contributed by atoms with van der Waals surface area (Å²) in [7, 11) is 0. The van der Waals surface area contributed by atoms with Crippen LogP contribution in [0.2, 0.25) is 0 Å². The molecule has 0 bridgehead atoms. The van der Waals surface area contributed by atoms with E-state index in [1.807, 2.05) is 18.2 Å². The number of nitrogens with zero attached hydrogens (tertiary/aromatic N) is 2. The van der Waals surface area contributed by atoms with Gasteiger partial charge in [-0.25, -0.2) is 9.78 Å². The molecule has 0 unspecified atom stereocenters. The Morgan fingerprint density at radius 1 is 1.29 bits per heavy atom. The van der Waals surface area contributed by atoms with E-state index in [0.717, 1.165) is 16.6 Å². The fourth-order valence-electron chi connectivity index (χ4n) is 2.32. The summed E-state index contributed by atoms with van der Waals surface area (Å²) >= 11 is 0. The summed E-state index contributed by atoms with van der Waals surface area (Å²) in [5, 5.41) is 12.1. The summed E-state index contributed by atoms with van der Waals surface area (Å²) in [6, 6.07) is 14.6. The van der Waals surface area contributed by atoms with Gasteiger partial charge in [-0.05, 0) is 42.8 Å². The number of hydrogen-bond acceptors (Lipinski definition) is 5. The zero-order valence-electron chi connectivity index (χ0n) is 13.2. The first-order valence-electron chi connectivity index (χ1n) is 7.59. The SMILES string of the molecule is CCOC(=O)c1ccc(CNc2nc3ccc(C#N)cc3[nH]2)cc1. The number of fused-ring (bicyclic) bond motifs is 1. The van der Waals surface area contributed by atoms with Gasteiger partial charge in [0, 0.05) is 6.54 Å². The summed E-state index contributed by atoms with van der Waals surface area (Å²) in [6.07, 6.45) is 0. The molecule has 0 saturated carbocycles. The van der Waals surface area contributed by atoms with E-state index < -0.39 is 0 Å². The normalized spacial score (nSPS) is 10.3. The molecule has 0 aliphatic heterocycles. The highest BCUT2D eigenvalue weighted by atomic mass is 16.5. The van der Waals surface area contributed by atoms with E-state index in [4.69, 9.17) is 10.00 Å². The summed E-state index contributed by atoms with van der Waals surface area (Å²) in [6.45, 7) is 2.71. The van der Waals surface area contributed by atoms with Crippen LogP contribution in [0.4, 0.5) is 5.95 Å². The molecule has 3 aromatic rings. The number of benzene rings is 2. The average molecular weight is 320 g/mol. The second kappa shape index (κ2) is 6.84. The Morgan fingerprint density at radius 2 is 2.08 bits per heavy atom. The highest BCUT2D eigenvalue weighted by Crippen LogP contribution is 2.16. The molecular weight excluding hydrogens is 304 g/mol. The number of aromatic amines is 1. The highest BCUT2D eigenvalue weighted by molar-refractivity contribution is 5.89. The molecule has 6 nitrogen and oxygen atoms in total. The van der Waals surface area contributed by atoms with Crippen LogP contribution >= 0.6 is 0 Å². The molecule has 3 rings (SSSR count). The van der Waals surface area contributed by atoms with Crippen LogP contribution < -0.4 is 5.32 Å². The first-order chi connectivity index (χ1) is 11.7. The zero-order chi connectivity index (χ0) is 16.9. The molecule has 1 heterocycles. The summed E-state index contributed by atoms with van der Waals surface area (Å²) < 4.78 is 4.96. The summed E-state index contributed by atoms with van der Waals surface area (Å²) in [5.41, 5.74) is 3.75. The summed E-state index contributed by atoms with van der Waals surface area (Å²) in [4.78, 5) is 19.2. The smallest absolute Gasteiger partial charge is 0.338 e. The Bertz CT molecular complexity index is 907. The summed E-state index contributed by atoms with van der Waals surface area (Å²) in [5.74, 6) is 0.317. The van der Waals surface area contributed by atoms with Crippen molar-refractivity contribution in [3.8, 4) is 6.07 Å². The third-order valence-corrected chi connectivity index (χ3v) is 3.54. The van der Waals surface area contributed by atoms with Crippen LogP contribution in [0.1, 0.15) is 28.4 Å². The highest BCUT2D eigenvalue weighted by Gasteiger charge is 2.06. The van der Waals surface area contributed by atoms with Gasteiger partial charge in [0.05, 0.1) is 34.8 Å². The van der Waals surface area contributed by atoms with Gasteiger partial charge in [0.25, 0.3) is 0 Å². The molecule has 0 spiro atoms. The minimum atomic E-state index is -0.317. The van der Waals surface area contributed by atoms with Gasteiger partial charge in [-0.3, -0.25) is 0 Å². The number of carbonyl (C=O) groups excluding carboxylic acids is 1. The van der Waals surface area contributed by atoms with Crippen molar-refractivity contribution in [2.24, 2.45) is 0 Å². The second-order valence-electron chi connectivity index (χ2n) is 5.20. The monoisotopic (exact) mass is 320 g/mol. The topological polar surface area (TPSA) is 90.8 Å². The maximum atomic E-state index is 11.6. The lowest BCUT2D eigenvalue weighted by Crippen LogP contribution is -2.05. The molecular formula is C18H16N4O2. The number of aromatic nitrogens is 2. The van der Waals surface area contributed by atoms with E-state index in [1.165, 1.54) is 0 Å². The number of nitriles is 1. The van der Waals surface area contributed by atoms with Crippen LogP contribution in [-0.2, 0) is 11.3 Å². The molecule has 0 aliphatic carbocycles. The Hall–Kier alpha value is -3.33. The Labute approximate surface area is 139 Å². The number of esters is 1. The zero-order valence-corrected chi connectivity index (χ0v) is 13.2. The van der Waals surface area contributed by atoms with E-state index in [9.17, 15) is 4.79 Å². The molecule has 1 aromatic heterocycles. The Morgan fingerprint density at radius 3 is 2.79 bits per heavy atom. The van der Waals surface area contributed by atoms with Crippen LogP contribution in [0.15, 0.2) is 42.5 Å². The van der Waals surface area contributed by atoms with Crippen LogP contribution in [0, 0.1) is 11.3 Å². The van der Waals surface area contributed by atoms with Crippen molar-refractivity contribution in [3.63, 3.8) is 0 Å². The fourth-order valence-corrected chi connectivity index (χ4v) is 2.32. The van der Waals surface area contributed by atoms with Gasteiger partial charge in [-0.2, -0.15) is 5.26 Å². The number of imidazole rings is 1. The molecule has 0 amide bonds. The van der Waals surface area contributed by atoms with Crippen LogP contribution in [0.3, 0.4) is 0 Å². The minimum absolute atomic E-state index is 0.317. The first kappa shape index (κ1) is 15.6. The molecule has 0 radical (unpaired) electrons. The van der Waals surface area contributed by atoms with Crippen LogP contribution in [0.25, 0.3) is 11.0 Å². The van der Waals surface area contributed by atoms with E-state index in [1.54, 1.807) is 31.2 Å². The lowest BCUT2D eigenvalue weighted by molar-refractivity contribution is 0.0526. The maximum absolute atomic E-state index is 11.6. The second-order valence-corrected chi connectivity index (χ2v) is 5.20. The predicted molar refractivity (Wildman–Crippen MR) is 90.5 cm³/mol. The number of carbonyl (C=O) groups is 1. The molecule has 0 atom stereocenters. The number of anilines is 1. The Kier molecular flexibility index (Phi) is 4.43. The van der Waals surface area contributed by atoms with Crippen LogP contribution in [-0.4, -0.2) is 22.5 Å². The van der Waals surface area contributed by atoms with E-state index in [2.05, 4.69) is 21.4 Å². The van der Waals surface area contributed by atoms with Crippen molar-refractivity contribution in [3.05, 3.63) is 59.2 Å². The van der Waals surface area contributed by atoms with Crippen molar-refractivity contribution in [1.82, 2.24) is 9.97 Å². The molecule has 6 heteroatoms. The number of ether oxygens (including phenoxy) is 1. The number of H-pyrrole nitrogens is 1. The molecule has 24 heavy (non-hydrogen) atoms. The lowest BCUT2D eigenvalue weighted by Gasteiger charge is -2.05. The molecule has 0 fully saturated rings. The standard InChI is InChI=1S/C18H16N4O2/c1-2-24-17(23)14-6-3-12(4-7-14)11-20-18-21-15-8-5-13(10-19)9-16(15)22-18/h3-9H,2,11H2,1H3,(H2,20,21,22). The van der Waals surface area contributed by atoms with Gasteiger partial charge >= 0.3 is 5.97 Å². The average Bonchev–Trinajstić information content (AvgIpc) is 3.02. The molecule has 0 aliphatic rings. The van der Waals surface area contributed by atoms with Crippen molar-refractivity contribution >= 4 is 23.0 Å². The lowest BCUT2D eigenvalue weighted by atomic mass is 10.1. The van der Waals surface area contributed by atoms with Gasteiger partial charge in [-0.15, -0.1) is 0 Å². The fraction of sp³-hybridized carbons (Fsp3) is 0.167. The molecule has 2 aromatic carbocycles. The minimum Gasteiger partial charge on any atom is -0.462 e. The quantitative estimate of drug-likeness (QED) is 0.704. The first-order valence-corrected chi connectivity index (χ1v) is 7.59. The van der Waals surface area contributed by atoms with E-state index in [0.29, 0.717) is 30.2 Å². The molecule has 120 valence electrons. The van der Waals surface area contributed by atoms with Crippen molar-refractivity contribution < 1.29 is 9.53 Å². The Balaban J connectivity index is 1.67. The van der Waals surface area contributed by atoms with Crippen molar-refractivity contribution in [2.45, 2.75) is 13.5 Å². The number of rotatable bonds is 5. The van der Waals surface area contributed by atoms with Gasteiger partial charge in [0.15, 0.2) is 0 Å². The number of hydrogen-bond donors (Lipinski definition) is 2. The third kappa shape index (κ3) is 3.36. The largest absolute Gasteiger partial charge is 0.462 e. The van der Waals surface area contributed by atoms with Gasteiger partial charge < -0.3 is 15.0 Å². The van der Waals surface area contributed by atoms with Gasteiger partial charge in [0.1, 0.15) is 0 Å². The van der Waals surface area contributed by atoms with E-state index >= 15 is 0 Å². The maximum Gasteiger partial charge on any atom is 0.338 e. The van der Waals surface area contributed by atoms with Crippen molar-refractivity contribution in [2.75, 3.05) is 11.9 Å². The van der Waals surface area contributed by atoms with E-state index in [-0.39, 0.29) is 5.97 Å². The molecule has 0 saturated heterocycles. The van der Waals surface area contributed by atoms with Crippen molar-refractivity contribution in [1.29, 1.82) is 5.26 Å². The van der Waals surface area contributed by atoms with Gasteiger partial charge in [-0.1, -0.05) is 12.1 Å². The van der Waals surface area contributed by atoms with Crippen LogP contribution in [0.5, 0.6) is 0 Å². The number of nitrogens with one attached hydrogen (secondary N) is 2. The third-order valence-electron chi connectivity index (χ3n) is 3.54.